The minimum Gasteiger partial charge on any atom is -0.306 e. The largest absolute Gasteiger partial charge is 0.306 e. The molecule has 0 bridgehead atoms. The van der Waals surface area contributed by atoms with Crippen molar-refractivity contribution < 1.29 is 0 Å². The SMILES string of the molecule is C=C/C=C\C(=C/C)c1cn(C(/C=C\C)=C/C=C)cn1. The van der Waals surface area contributed by atoms with Gasteiger partial charge in [0, 0.05) is 11.9 Å². The highest BCUT2D eigenvalue weighted by atomic mass is 15.0. The number of nitrogens with zero attached hydrogens (tertiary/aromatic N) is 2. The second-order valence-electron chi connectivity index (χ2n) is 3.83. The van der Waals surface area contributed by atoms with E-state index in [2.05, 4.69) is 18.1 Å². The van der Waals surface area contributed by atoms with Gasteiger partial charge in [-0.05, 0) is 31.6 Å². The predicted octanol–water partition coefficient (Wildman–Crippen LogP) is 4.63. The molecule has 1 aromatic heterocycles. The molecule has 1 aromatic rings. The molecular weight excluding hydrogens is 232 g/mol. The van der Waals surface area contributed by atoms with Crippen LogP contribution in [0.4, 0.5) is 0 Å². The lowest BCUT2D eigenvalue weighted by Crippen LogP contribution is -1.89. The fourth-order valence-electron chi connectivity index (χ4n) is 1.63. The van der Waals surface area contributed by atoms with Gasteiger partial charge in [0.2, 0.25) is 0 Å². The van der Waals surface area contributed by atoms with Gasteiger partial charge < -0.3 is 4.57 Å². The fraction of sp³-hybridized carbons (Fsp3) is 0.118. The lowest BCUT2D eigenvalue weighted by atomic mass is 10.2. The summed E-state index contributed by atoms with van der Waals surface area (Å²) in [4.78, 5) is 4.43. The Morgan fingerprint density at radius 3 is 2.58 bits per heavy atom. The molecule has 1 heterocycles. The summed E-state index contributed by atoms with van der Waals surface area (Å²) in [5.74, 6) is 0. The van der Waals surface area contributed by atoms with Gasteiger partial charge in [-0.15, -0.1) is 0 Å². The molecule has 0 spiro atoms. The number of aromatic nitrogens is 2. The third-order valence-electron chi connectivity index (χ3n) is 2.53. The fourth-order valence-corrected chi connectivity index (χ4v) is 1.63. The van der Waals surface area contributed by atoms with E-state index >= 15 is 0 Å². The number of hydrogen-bond donors (Lipinski definition) is 0. The van der Waals surface area contributed by atoms with E-state index in [1.54, 1.807) is 18.5 Å². The number of rotatable bonds is 6. The first kappa shape index (κ1) is 14.7. The first-order chi connectivity index (χ1) is 9.26. The molecule has 0 aliphatic rings. The van der Waals surface area contributed by atoms with E-state index in [-0.39, 0.29) is 0 Å². The Kier molecular flexibility index (Phi) is 6.10. The summed E-state index contributed by atoms with van der Waals surface area (Å²) in [6.07, 6.45) is 19.2. The van der Waals surface area contributed by atoms with Crippen molar-refractivity contribution in [2.45, 2.75) is 13.8 Å². The van der Waals surface area contributed by atoms with Gasteiger partial charge in [-0.2, -0.15) is 0 Å². The van der Waals surface area contributed by atoms with E-state index in [1.165, 1.54) is 0 Å². The van der Waals surface area contributed by atoms with Crippen molar-refractivity contribution in [3.8, 4) is 0 Å². The van der Waals surface area contributed by atoms with Crippen LogP contribution in [0, 0.1) is 0 Å². The van der Waals surface area contributed by atoms with E-state index in [0.29, 0.717) is 0 Å². The summed E-state index contributed by atoms with van der Waals surface area (Å²) in [7, 11) is 0. The molecule has 1 rings (SSSR count). The molecule has 0 aliphatic heterocycles. The lowest BCUT2D eigenvalue weighted by Gasteiger charge is -2.01. The minimum absolute atomic E-state index is 0.931. The zero-order valence-corrected chi connectivity index (χ0v) is 11.6. The summed E-state index contributed by atoms with van der Waals surface area (Å²) in [5, 5.41) is 0. The number of imidazole rings is 1. The molecule has 0 unspecified atom stereocenters. The maximum Gasteiger partial charge on any atom is 0.0999 e. The standard InChI is InChI=1S/C17H20N2/c1-5-9-12-15(8-4)17-13-19(14-18-17)16(10-6-2)11-7-3/h5-14H,1-2H2,3-4H3/b11-7-,12-9-,15-8+,16-10+. The molecule has 0 N–H and O–H groups in total. The molecule has 0 fully saturated rings. The highest BCUT2D eigenvalue weighted by Crippen LogP contribution is 2.16. The van der Waals surface area contributed by atoms with Crippen molar-refractivity contribution in [2.24, 2.45) is 0 Å². The van der Waals surface area contributed by atoms with Gasteiger partial charge in [-0.3, -0.25) is 0 Å². The van der Waals surface area contributed by atoms with E-state index in [4.69, 9.17) is 0 Å². The molecule has 0 saturated heterocycles. The van der Waals surface area contributed by atoms with Crippen LogP contribution in [-0.2, 0) is 0 Å². The van der Waals surface area contributed by atoms with Crippen LogP contribution >= 0.6 is 0 Å². The van der Waals surface area contributed by atoms with Crippen molar-refractivity contribution >= 4 is 11.3 Å². The average molecular weight is 252 g/mol. The number of hydrogen-bond acceptors (Lipinski definition) is 1. The normalized spacial score (nSPS) is 13.4. The van der Waals surface area contributed by atoms with Gasteiger partial charge >= 0.3 is 0 Å². The third kappa shape index (κ3) is 4.11. The third-order valence-corrected chi connectivity index (χ3v) is 2.53. The van der Waals surface area contributed by atoms with Crippen LogP contribution in [0.3, 0.4) is 0 Å². The molecule has 2 heteroatoms. The van der Waals surface area contributed by atoms with E-state index < -0.39 is 0 Å². The quantitative estimate of drug-likeness (QED) is 0.675. The molecule has 98 valence electrons. The van der Waals surface area contributed by atoms with E-state index in [9.17, 15) is 0 Å². The van der Waals surface area contributed by atoms with Gasteiger partial charge in [-0.25, -0.2) is 4.98 Å². The van der Waals surface area contributed by atoms with Crippen LogP contribution in [-0.4, -0.2) is 9.55 Å². The molecule has 0 aromatic carbocycles. The topological polar surface area (TPSA) is 17.8 Å². The Balaban J connectivity index is 3.11. The summed E-state index contributed by atoms with van der Waals surface area (Å²) >= 11 is 0. The summed E-state index contributed by atoms with van der Waals surface area (Å²) in [6.45, 7) is 11.4. The summed E-state index contributed by atoms with van der Waals surface area (Å²) in [6, 6.07) is 0. The van der Waals surface area contributed by atoms with Crippen molar-refractivity contribution in [3.63, 3.8) is 0 Å². The molecule has 19 heavy (non-hydrogen) atoms. The summed E-state index contributed by atoms with van der Waals surface area (Å²) in [5.41, 5.74) is 3.02. The molecule has 0 saturated carbocycles. The van der Waals surface area contributed by atoms with Gasteiger partial charge in [-0.1, -0.05) is 49.6 Å². The molecule has 0 atom stereocenters. The second-order valence-corrected chi connectivity index (χ2v) is 3.83. The predicted molar refractivity (Wildman–Crippen MR) is 84.5 cm³/mol. The lowest BCUT2D eigenvalue weighted by molar-refractivity contribution is 1.10. The first-order valence-electron chi connectivity index (χ1n) is 6.22. The zero-order valence-electron chi connectivity index (χ0n) is 11.6. The van der Waals surface area contributed by atoms with Gasteiger partial charge in [0.1, 0.15) is 0 Å². The Bertz CT molecular complexity index is 552. The van der Waals surface area contributed by atoms with Crippen molar-refractivity contribution in [3.05, 3.63) is 80.0 Å². The van der Waals surface area contributed by atoms with Crippen LogP contribution in [0.2, 0.25) is 0 Å². The van der Waals surface area contributed by atoms with Crippen molar-refractivity contribution in [1.29, 1.82) is 0 Å². The van der Waals surface area contributed by atoms with E-state index in [0.717, 1.165) is 17.0 Å². The molecule has 2 nitrogen and oxygen atoms in total. The van der Waals surface area contributed by atoms with Crippen LogP contribution in [0.25, 0.3) is 11.3 Å². The smallest absolute Gasteiger partial charge is 0.0999 e. The maximum atomic E-state index is 4.43. The average Bonchev–Trinajstić information content (AvgIpc) is 2.89. The van der Waals surface area contributed by atoms with Gasteiger partial charge in [0.05, 0.1) is 12.0 Å². The van der Waals surface area contributed by atoms with Gasteiger partial charge in [0.15, 0.2) is 0 Å². The molecule has 0 amide bonds. The highest BCUT2D eigenvalue weighted by Gasteiger charge is 2.03. The highest BCUT2D eigenvalue weighted by molar-refractivity contribution is 5.72. The Morgan fingerprint density at radius 1 is 1.21 bits per heavy atom. The molecular formula is C17H20N2. The number of allylic oxidation sites excluding steroid dienone is 10. The second kappa shape index (κ2) is 7.88. The van der Waals surface area contributed by atoms with Gasteiger partial charge in [0.25, 0.3) is 0 Å². The Morgan fingerprint density at radius 2 is 2.00 bits per heavy atom. The van der Waals surface area contributed by atoms with E-state index in [1.807, 2.05) is 61.1 Å². The Hall–Kier alpha value is -2.35. The first-order valence-corrected chi connectivity index (χ1v) is 6.22. The maximum absolute atomic E-state index is 4.43. The Labute approximate surface area is 115 Å². The van der Waals surface area contributed by atoms with Crippen LogP contribution < -0.4 is 0 Å². The van der Waals surface area contributed by atoms with Crippen LogP contribution in [0.15, 0.2) is 74.3 Å². The van der Waals surface area contributed by atoms with Crippen molar-refractivity contribution in [1.82, 2.24) is 9.55 Å². The molecule has 0 radical (unpaired) electrons. The molecule has 0 aliphatic carbocycles. The monoisotopic (exact) mass is 252 g/mol. The van der Waals surface area contributed by atoms with Crippen LogP contribution in [0.1, 0.15) is 19.5 Å². The summed E-state index contributed by atoms with van der Waals surface area (Å²) < 4.78 is 1.97. The van der Waals surface area contributed by atoms with Crippen LogP contribution in [0.5, 0.6) is 0 Å². The van der Waals surface area contributed by atoms with Crippen molar-refractivity contribution in [2.75, 3.05) is 0 Å². The zero-order chi connectivity index (χ0) is 14.1. The minimum atomic E-state index is 0.931.